The lowest BCUT2D eigenvalue weighted by molar-refractivity contribution is -0.770. The molecule has 0 bridgehead atoms. The van der Waals surface area contributed by atoms with Crippen LogP contribution in [0.15, 0.2) is 48.3 Å². The van der Waals surface area contributed by atoms with Crippen LogP contribution in [0.3, 0.4) is 0 Å². The summed E-state index contributed by atoms with van der Waals surface area (Å²) in [6.45, 7) is 0. The fraction of sp³-hybridized carbons (Fsp3) is 0.158. The van der Waals surface area contributed by atoms with Crippen molar-refractivity contribution in [2.75, 3.05) is 21.3 Å². The molecule has 0 amide bonds. The maximum absolute atomic E-state index is 12.6. The monoisotopic (exact) mass is 355 g/mol. The van der Waals surface area contributed by atoms with E-state index in [1.165, 1.54) is 27.5 Å². The molecule has 1 aliphatic heterocycles. The van der Waals surface area contributed by atoms with E-state index in [-0.39, 0.29) is 5.57 Å². The van der Waals surface area contributed by atoms with Crippen molar-refractivity contribution in [1.29, 1.82) is 0 Å². The summed E-state index contributed by atoms with van der Waals surface area (Å²) in [4.78, 5) is 17.2. The topological polar surface area (TPSA) is 80.1 Å². The number of methoxy groups -OCH3 is 3. The molecule has 0 unspecified atom stereocenters. The highest BCUT2D eigenvalue weighted by Crippen LogP contribution is 2.38. The maximum atomic E-state index is 12.6. The molecular weight excluding hydrogens is 338 g/mol. The van der Waals surface area contributed by atoms with E-state index in [1.807, 2.05) is 0 Å². The Morgan fingerprint density at radius 1 is 1.00 bits per heavy atom. The molecule has 0 saturated carbocycles. The zero-order valence-electron chi connectivity index (χ0n) is 14.5. The van der Waals surface area contributed by atoms with Gasteiger partial charge in [0, 0.05) is 4.74 Å². The number of nitrogens with zero attached hydrogens (tertiary/aromatic N) is 1. The van der Waals surface area contributed by atoms with Crippen molar-refractivity contribution in [1.82, 2.24) is 0 Å². The number of hydrogen-bond acceptors (Lipinski definition) is 6. The van der Waals surface area contributed by atoms with Crippen LogP contribution in [0.1, 0.15) is 11.1 Å². The molecule has 7 nitrogen and oxygen atoms in total. The Kier molecular flexibility index (Phi) is 4.79. The molecule has 0 radical (unpaired) electrons. The molecule has 0 aromatic heterocycles. The highest BCUT2D eigenvalue weighted by molar-refractivity contribution is 6.17. The third-order valence-electron chi connectivity index (χ3n) is 3.82. The molecule has 1 heterocycles. The number of benzene rings is 2. The lowest BCUT2D eigenvalue weighted by atomic mass is 10.1. The van der Waals surface area contributed by atoms with Crippen LogP contribution in [0, 0.1) is 0 Å². The minimum absolute atomic E-state index is 0.0192. The van der Waals surface area contributed by atoms with Gasteiger partial charge in [0.2, 0.25) is 17.8 Å². The molecule has 7 heteroatoms. The number of rotatable bonds is 5. The molecule has 0 aliphatic carbocycles. The lowest BCUT2D eigenvalue weighted by Crippen LogP contribution is -2.18. The molecule has 0 spiro atoms. The first-order valence-corrected chi connectivity index (χ1v) is 7.72. The van der Waals surface area contributed by atoms with E-state index >= 15 is 0 Å². The van der Waals surface area contributed by atoms with E-state index in [0.717, 1.165) is 4.74 Å². The van der Waals surface area contributed by atoms with Crippen molar-refractivity contribution in [2.45, 2.75) is 0 Å². The van der Waals surface area contributed by atoms with Crippen molar-refractivity contribution in [2.24, 2.45) is 0 Å². The SMILES string of the molecule is COc1cc(/C=[N+]2/OC(=O)C(c3ccccc3)=C2[O-])cc(OC)c1OC. The predicted molar refractivity (Wildman–Crippen MR) is 91.0 cm³/mol. The van der Waals surface area contributed by atoms with Crippen molar-refractivity contribution in [3.63, 3.8) is 0 Å². The van der Waals surface area contributed by atoms with Crippen LogP contribution in [-0.2, 0) is 9.63 Å². The second kappa shape index (κ2) is 7.18. The summed E-state index contributed by atoms with van der Waals surface area (Å²) in [5.74, 6) is 0.0138. The fourth-order valence-electron chi connectivity index (χ4n) is 2.62. The van der Waals surface area contributed by atoms with Crippen LogP contribution in [0.4, 0.5) is 0 Å². The second-order valence-corrected chi connectivity index (χ2v) is 5.34. The zero-order chi connectivity index (χ0) is 18.7. The van der Waals surface area contributed by atoms with Gasteiger partial charge in [0.1, 0.15) is 5.57 Å². The summed E-state index contributed by atoms with van der Waals surface area (Å²) in [6.07, 6.45) is 1.39. The van der Waals surface area contributed by atoms with Gasteiger partial charge in [0.15, 0.2) is 11.5 Å². The normalized spacial score (nSPS) is 15.2. The summed E-state index contributed by atoms with van der Waals surface area (Å²) >= 11 is 0. The van der Waals surface area contributed by atoms with E-state index in [2.05, 4.69) is 0 Å². The standard InChI is InChI=1S/C19H17NO6/c1-23-14-9-12(10-15(24-2)17(14)25-3)11-20-18(21)16(19(22)26-20)13-7-5-4-6-8-13/h4-11H,1-3H3/b20-11+. The highest BCUT2D eigenvalue weighted by atomic mass is 16.7. The molecule has 26 heavy (non-hydrogen) atoms. The fourth-order valence-corrected chi connectivity index (χ4v) is 2.62. The van der Waals surface area contributed by atoms with Gasteiger partial charge >= 0.3 is 5.97 Å². The molecule has 2 aromatic rings. The number of hydroxylamine groups is 1. The third kappa shape index (κ3) is 3.06. The summed E-state index contributed by atoms with van der Waals surface area (Å²) in [6, 6.07) is 11.9. The van der Waals surface area contributed by atoms with E-state index in [9.17, 15) is 9.90 Å². The quantitative estimate of drug-likeness (QED) is 0.595. The van der Waals surface area contributed by atoms with E-state index < -0.39 is 11.9 Å². The first-order valence-electron chi connectivity index (χ1n) is 7.72. The minimum Gasteiger partial charge on any atom is -0.819 e. The second-order valence-electron chi connectivity index (χ2n) is 5.34. The van der Waals surface area contributed by atoms with Gasteiger partial charge in [-0.15, -0.1) is 0 Å². The summed E-state index contributed by atoms with van der Waals surface area (Å²) in [5, 5.41) is 12.6. The smallest absolute Gasteiger partial charge is 0.417 e. The van der Waals surface area contributed by atoms with Crippen LogP contribution in [-0.4, -0.2) is 38.3 Å². The highest BCUT2D eigenvalue weighted by Gasteiger charge is 2.34. The maximum Gasteiger partial charge on any atom is 0.417 e. The van der Waals surface area contributed by atoms with Gasteiger partial charge in [-0.2, -0.15) is 4.84 Å². The lowest BCUT2D eigenvalue weighted by Gasteiger charge is -2.12. The van der Waals surface area contributed by atoms with Crippen molar-refractivity contribution in [3.8, 4) is 17.2 Å². The first-order chi connectivity index (χ1) is 12.6. The molecule has 0 N–H and O–H groups in total. The van der Waals surface area contributed by atoms with Gasteiger partial charge in [-0.25, -0.2) is 4.79 Å². The van der Waals surface area contributed by atoms with Crippen LogP contribution in [0.2, 0.25) is 0 Å². The third-order valence-corrected chi connectivity index (χ3v) is 3.82. The van der Waals surface area contributed by atoms with Gasteiger partial charge in [-0.3, -0.25) is 0 Å². The van der Waals surface area contributed by atoms with Crippen molar-refractivity contribution in [3.05, 3.63) is 59.5 Å². The number of ether oxygens (including phenoxy) is 3. The molecule has 0 atom stereocenters. The average molecular weight is 355 g/mol. The molecular formula is C19H17NO6. The molecule has 2 aromatic carbocycles. The minimum atomic E-state index is -0.704. The predicted octanol–water partition coefficient (Wildman–Crippen LogP) is 1.34. The van der Waals surface area contributed by atoms with E-state index in [1.54, 1.807) is 42.5 Å². The summed E-state index contributed by atoms with van der Waals surface area (Å²) in [5.41, 5.74) is 1.02. The molecule has 1 aliphatic rings. The van der Waals surface area contributed by atoms with Gasteiger partial charge < -0.3 is 19.3 Å². The molecule has 3 rings (SSSR count). The van der Waals surface area contributed by atoms with Crippen LogP contribution in [0.5, 0.6) is 17.2 Å². The van der Waals surface area contributed by atoms with Crippen LogP contribution in [0.25, 0.3) is 5.57 Å². The number of carbonyl (C=O) groups excluding carboxylic acids is 1. The molecule has 0 saturated heterocycles. The van der Waals surface area contributed by atoms with Gasteiger partial charge in [-0.05, 0) is 17.7 Å². The van der Waals surface area contributed by atoms with Crippen LogP contribution < -0.4 is 19.3 Å². The Morgan fingerprint density at radius 2 is 1.62 bits per heavy atom. The zero-order valence-corrected chi connectivity index (χ0v) is 14.5. The summed E-state index contributed by atoms with van der Waals surface area (Å²) < 4.78 is 16.7. The van der Waals surface area contributed by atoms with Crippen molar-refractivity contribution < 1.29 is 33.7 Å². The van der Waals surface area contributed by atoms with Crippen LogP contribution >= 0.6 is 0 Å². The first kappa shape index (κ1) is 17.3. The van der Waals surface area contributed by atoms with E-state index in [0.29, 0.717) is 28.4 Å². The van der Waals surface area contributed by atoms with Gasteiger partial charge in [0.25, 0.3) is 0 Å². The Labute approximate surface area is 150 Å². The van der Waals surface area contributed by atoms with Crippen molar-refractivity contribution >= 4 is 17.8 Å². The largest absolute Gasteiger partial charge is 0.819 e. The van der Waals surface area contributed by atoms with E-state index in [4.69, 9.17) is 19.0 Å². The number of carbonyl (C=O) groups is 1. The Morgan fingerprint density at radius 3 is 2.15 bits per heavy atom. The Bertz CT molecular complexity index is 876. The van der Waals surface area contributed by atoms with Gasteiger partial charge in [-0.1, -0.05) is 30.3 Å². The molecule has 0 fully saturated rings. The Hall–Kier alpha value is -3.48. The summed E-state index contributed by atoms with van der Waals surface area (Å²) in [7, 11) is 4.48. The molecule has 134 valence electrons. The Balaban J connectivity index is 2.06. The van der Waals surface area contributed by atoms with Gasteiger partial charge in [0.05, 0.1) is 26.9 Å². The number of hydrogen-bond donors (Lipinski definition) is 0. The average Bonchev–Trinajstić information content (AvgIpc) is 2.94.